The van der Waals surface area contributed by atoms with Crippen molar-refractivity contribution in [3.63, 3.8) is 0 Å². The van der Waals surface area contributed by atoms with Gasteiger partial charge in [0.15, 0.2) is 0 Å². The first-order valence-electron chi connectivity index (χ1n) is 3.48. The van der Waals surface area contributed by atoms with Crippen LogP contribution in [0.15, 0.2) is 24.0 Å². The van der Waals surface area contributed by atoms with Gasteiger partial charge in [-0.15, -0.1) is 0 Å². The zero-order chi connectivity index (χ0) is 11.0. The summed E-state index contributed by atoms with van der Waals surface area (Å²) in [6, 6.07) is 0. The van der Waals surface area contributed by atoms with Crippen LogP contribution in [0.4, 0.5) is 0 Å². The number of carbonyl (C=O) groups is 1. The van der Waals surface area contributed by atoms with Crippen molar-refractivity contribution in [3.8, 4) is 0 Å². The van der Waals surface area contributed by atoms with Crippen molar-refractivity contribution in [3.05, 3.63) is 24.0 Å². The van der Waals surface area contributed by atoms with Crippen LogP contribution < -0.4 is 16.2 Å². The molecule has 8 heteroatoms. The van der Waals surface area contributed by atoms with Crippen LogP contribution in [0.25, 0.3) is 0 Å². The van der Waals surface area contributed by atoms with Crippen LogP contribution in [0, 0.1) is 0 Å². The number of rotatable bonds is 2. The molecule has 0 fully saturated rings. The highest BCUT2D eigenvalue weighted by atomic mass is 32.2. The summed E-state index contributed by atoms with van der Waals surface area (Å²) in [7, 11) is -4.39. The van der Waals surface area contributed by atoms with Crippen LogP contribution >= 0.6 is 0 Å². The predicted molar refractivity (Wildman–Crippen MR) is 48.0 cm³/mol. The molecule has 0 aromatic heterocycles. The summed E-state index contributed by atoms with van der Waals surface area (Å²) < 4.78 is 22.3. The van der Waals surface area contributed by atoms with Gasteiger partial charge in [-0.1, -0.05) is 0 Å². The van der Waals surface area contributed by atoms with Crippen molar-refractivity contribution < 1.29 is 18.3 Å². The van der Waals surface area contributed by atoms with Crippen LogP contribution in [-0.4, -0.2) is 24.4 Å². The highest BCUT2D eigenvalue weighted by Gasteiger charge is 2.52. The van der Waals surface area contributed by atoms with E-state index >= 15 is 0 Å². The van der Waals surface area contributed by atoms with Crippen LogP contribution in [0.2, 0.25) is 0 Å². The molecule has 78 valence electrons. The molecule has 0 aliphatic carbocycles. The zero-order valence-corrected chi connectivity index (χ0v) is 7.78. The Hall–Kier alpha value is -1.54. The summed E-state index contributed by atoms with van der Waals surface area (Å²) in [6.07, 6.45) is 3.69. The number of sulfonamides is 1. The summed E-state index contributed by atoms with van der Waals surface area (Å²) >= 11 is 0. The molecule has 1 aliphatic rings. The molecule has 1 rings (SSSR count). The molecule has 14 heavy (non-hydrogen) atoms. The Labute approximate surface area is 80.1 Å². The van der Waals surface area contributed by atoms with E-state index in [1.54, 1.807) is 0 Å². The van der Waals surface area contributed by atoms with Crippen molar-refractivity contribution in [2.75, 3.05) is 0 Å². The minimum Gasteiger partial charge on any atom is -0.478 e. The second-order valence-corrected chi connectivity index (χ2v) is 4.36. The lowest BCUT2D eigenvalue weighted by Crippen LogP contribution is -2.62. The number of primary sulfonamides is 1. The lowest BCUT2D eigenvalue weighted by Gasteiger charge is -2.29. The van der Waals surface area contributed by atoms with Crippen molar-refractivity contribution in [1.82, 2.24) is 5.32 Å². The van der Waals surface area contributed by atoms with Gasteiger partial charge in [-0.25, -0.2) is 18.4 Å². The molecular weight excluding hydrogens is 210 g/mol. The largest absolute Gasteiger partial charge is 0.478 e. The van der Waals surface area contributed by atoms with Crippen LogP contribution in [0.5, 0.6) is 0 Å². The van der Waals surface area contributed by atoms with Crippen LogP contribution in [0.1, 0.15) is 0 Å². The molecule has 0 bridgehead atoms. The molecule has 0 radical (unpaired) electrons. The van der Waals surface area contributed by atoms with Gasteiger partial charge >= 0.3 is 5.97 Å². The Morgan fingerprint density at radius 1 is 1.57 bits per heavy atom. The molecule has 1 aliphatic heterocycles. The minimum atomic E-state index is -4.39. The second kappa shape index (κ2) is 3.00. The van der Waals surface area contributed by atoms with Gasteiger partial charge in [-0.2, -0.15) is 0 Å². The highest BCUT2D eigenvalue weighted by molar-refractivity contribution is 7.91. The average molecular weight is 219 g/mol. The van der Waals surface area contributed by atoms with Gasteiger partial charge in [0.05, 0.1) is 5.70 Å². The first-order chi connectivity index (χ1) is 6.32. The van der Waals surface area contributed by atoms with Gasteiger partial charge in [0.25, 0.3) is 4.87 Å². The maximum Gasteiger partial charge on any atom is 0.353 e. The van der Waals surface area contributed by atoms with Crippen LogP contribution in [0.3, 0.4) is 0 Å². The standard InChI is InChI=1S/C6H9N3O4S/c7-4-2-1-3-9-6(4,5(10)11)14(8,12)13/h1-3,9H,7H2,(H,10,11)(H2,8,12,13). The highest BCUT2D eigenvalue weighted by Crippen LogP contribution is 2.21. The van der Waals surface area contributed by atoms with E-state index in [-0.39, 0.29) is 5.70 Å². The molecule has 1 unspecified atom stereocenters. The second-order valence-electron chi connectivity index (χ2n) is 2.66. The van der Waals surface area contributed by atoms with E-state index in [4.69, 9.17) is 16.0 Å². The van der Waals surface area contributed by atoms with Gasteiger partial charge in [0, 0.05) is 0 Å². The monoisotopic (exact) mass is 219 g/mol. The molecule has 6 N–H and O–H groups in total. The fourth-order valence-electron chi connectivity index (χ4n) is 1.07. The molecular formula is C6H9N3O4S. The van der Waals surface area contributed by atoms with E-state index in [2.05, 4.69) is 5.32 Å². The fraction of sp³-hybridized carbons (Fsp3) is 0.167. The number of nitrogens with two attached hydrogens (primary N) is 2. The molecule has 0 aromatic rings. The fourth-order valence-corrected chi connectivity index (χ4v) is 1.94. The number of carboxylic acid groups (broad SMARTS) is 1. The van der Waals surface area contributed by atoms with Gasteiger partial charge < -0.3 is 16.2 Å². The van der Waals surface area contributed by atoms with Crippen molar-refractivity contribution in [1.29, 1.82) is 0 Å². The van der Waals surface area contributed by atoms with Crippen molar-refractivity contribution in [2.45, 2.75) is 4.87 Å². The van der Waals surface area contributed by atoms with Gasteiger partial charge in [-0.3, -0.25) is 0 Å². The maximum atomic E-state index is 11.1. The molecule has 0 saturated heterocycles. The van der Waals surface area contributed by atoms with Crippen molar-refractivity contribution >= 4 is 16.0 Å². The Kier molecular flexibility index (Phi) is 2.26. The molecule has 7 nitrogen and oxygen atoms in total. The molecule has 0 saturated carbocycles. The molecule has 0 aromatic carbocycles. The number of aliphatic carboxylic acids is 1. The Balaban J connectivity index is 3.42. The third-order valence-electron chi connectivity index (χ3n) is 1.79. The SMILES string of the molecule is NC1=CC=CNC1(C(=O)O)S(N)(=O)=O. The van der Waals surface area contributed by atoms with E-state index in [1.165, 1.54) is 6.08 Å². The number of allylic oxidation sites excluding steroid dienone is 2. The van der Waals surface area contributed by atoms with Gasteiger partial charge in [0.2, 0.25) is 10.0 Å². The molecule has 1 atom stereocenters. The number of dihydropyridines is 1. The average Bonchev–Trinajstić information content (AvgIpc) is 2.02. The Morgan fingerprint density at radius 3 is 2.43 bits per heavy atom. The molecule has 0 spiro atoms. The number of nitrogens with one attached hydrogen (secondary N) is 1. The summed E-state index contributed by atoms with van der Waals surface area (Å²) in [4.78, 5) is 8.40. The van der Waals surface area contributed by atoms with E-state index < -0.39 is 20.9 Å². The topological polar surface area (TPSA) is 136 Å². The third kappa shape index (κ3) is 1.24. The van der Waals surface area contributed by atoms with Crippen molar-refractivity contribution in [2.24, 2.45) is 10.9 Å². The normalized spacial score (nSPS) is 26.5. The maximum absolute atomic E-state index is 11.1. The lowest BCUT2D eigenvalue weighted by molar-refractivity contribution is -0.139. The van der Waals surface area contributed by atoms with Gasteiger partial charge in [-0.05, 0) is 18.4 Å². The van der Waals surface area contributed by atoms with E-state index in [0.29, 0.717) is 0 Å². The van der Waals surface area contributed by atoms with E-state index in [9.17, 15) is 13.2 Å². The minimum absolute atomic E-state index is 0.380. The molecule has 1 heterocycles. The number of carboxylic acids is 1. The zero-order valence-electron chi connectivity index (χ0n) is 6.97. The first kappa shape index (κ1) is 10.5. The summed E-state index contributed by atoms with van der Waals surface area (Å²) in [6.45, 7) is 0. The van der Waals surface area contributed by atoms with E-state index in [0.717, 1.165) is 12.3 Å². The summed E-state index contributed by atoms with van der Waals surface area (Å²) in [5.41, 5.74) is 4.93. The predicted octanol–water partition coefficient (Wildman–Crippen LogP) is -1.98. The van der Waals surface area contributed by atoms with Gasteiger partial charge in [0.1, 0.15) is 0 Å². The first-order valence-corrected chi connectivity index (χ1v) is 5.03. The number of hydrogen-bond acceptors (Lipinski definition) is 5. The smallest absolute Gasteiger partial charge is 0.353 e. The quantitative estimate of drug-likeness (QED) is 0.424. The number of hydrogen-bond donors (Lipinski definition) is 4. The third-order valence-corrected chi connectivity index (χ3v) is 3.17. The lowest BCUT2D eigenvalue weighted by atomic mass is 10.1. The summed E-state index contributed by atoms with van der Waals surface area (Å²) in [5, 5.41) is 15.8. The van der Waals surface area contributed by atoms with E-state index in [1.807, 2.05) is 0 Å². The van der Waals surface area contributed by atoms with Crippen LogP contribution in [-0.2, 0) is 14.8 Å². The Bertz CT molecular complexity index is 424. The Morgan fingerprint density at radius 2 is 2.14 bits per heavy atom. The summed E-state index contributed by atoms with van der Waals surface area (Å²) in [5.74, 6) is -1.67. The molecule has 0 amide bonds.